The van der Waals surface area contributed by atoms with Crippen molar-refractivity contribution < 1.29 is 37.4 Å². The number of methoxy groups -OCH3 is 1. The predicted molar refractivity (Wildman–Crippen MR) is 154 cm³/mol. The lowest BCUT2D eigenvalue weighted by Crippen LogP contribution is -2.49. The smallest absolute Gasteiger partial charge is 0.328 e. The van der Waals surface area contributed by atoms with E-state index in [1.165, 1.54) is 18.1 Å². The molecule has 1 aliphatic heterocycles. The molecule has 41 heavy (non-hydrogen) atoms. The first-order valence-electron chi connectivity index (χ1n) is 13.1. The van der Waals surface area contributed by atoms with E-state index in [9.17, 15) is 27.6 Å². The molecule has 1 aliphatic rings. The van der Waals surface area contributed by atoms with E-state index >= 15 is 0 Å². The third kappa shape index (κ3) is 8.04. The second-order valence-electron chi connectivity index (χ2n) is 10.8. The molecule has 13 heteroatoms. The van der Waals surface area contributed by atoms with E-state index in [1.54, 1.807) is 37.3 Å². The molecular formula is C28H36N4O8S. The molecule has 0 aromatic heterocycles. The number of imide groups is 1. The second kappa shape index (κ2) is 12.7. The highest BCUT2D eigenvalue weighted by atomic mass is 32.2. The van der Waals surface area contributed by atoms with Gasteiger partial charge in [-0.2, -0.15) is 0 Å². The first-order chi connectivity index (χ1) is 19.1. The topological polar surface area (TPSA) is 171 Å². The Morgan fingerprint density at radius 3 is 2.34 bits per heavy atom. The van der Waals surface area contributed by atoms with E-state index in [0.717, 1.165) is 0 Å². The van der Waals surface area contributed by atoms with Crippen LogP contribution in [-0.2, 0) is 30.8 Å². The number of hydrogen-bond donors (Lipinski definition) is 4. The summed E-state index contributed by atoms with van der Waals surface area (Å²) in [6.07, 6.45) is 0.419. The molecule has 0 radical (unpaired) electrons. The number of rotatable bonds is 11. The van der Waals surface area contributed by atoms with Crippen LogP contribution in [0.2, 0.25) is 0 Å². The number of nitrogens with zero attached hydrogens (tertiary/aromatic N) is 1. The lowest BCUT2D eigenvalue weighted by atomic mass is 9.84. The normalized spacial score (nSPS) is 14.8. The maximum atomic E-state index is 13.5. The van der Waals surface area contributed by atoms with Crippen LogP contribution in [-0.4, -0.2) is 57.5 Å². The SMILES string of the molecule is CCC(CNS(=O)(=O)Cc1ccc(NC(=O)c2cc(N3CCC(=O)NC3=O)cc(C(C)(C)C)c2OC)cc1)C(=O)O. The van der Waals surface area contributed by atoms with Crippen molar-refractivity contribution >= 4 is 45.2 Å². The van der Waals surface area contributed by atoms with E-state index < -0.39 is 39.3 Å². The number of benzene rings is 2. The molecule has 3 rings (SSSR count). The zero-order chi connectivity index (χ0) is 30.5. The Morgan fingerprint density at radius 2 is 1.80 bits per heavy atom. The van der Waals surface area contributed by atoms with Crippen LogP contribution in [0.25, 0.3) is 0 Å². The lowest BCUT2D eigenvalue weighted by Gasteiger charge is -2.30. The number of carboxylic acids is 1. The summed E-state index contributed by atoms with van der Waals surface area (Å²) in [5, 5.41) is 14.2. The quantitative estimate of drug-likeness (QED) is 0.310. The van der Waals surface area contributed by atoms with Crippen molar-refractivity contribution in [2.45, 2.75) is 51.7 Å². The number of ether oxygens (including phenoxy) is 1. The first-order valence-corrected chi connectivity index (χ1v) is 14.7. The van der Waals surface area contributed by atoms with Gasteiger partial charge in [0.05, 0.1) is 24.3 Å². The van der Waals surface area contributed by atoms with Crippen LogP contribution < -0.4 is 25.0 Å². The fourth-order valence-electron chi connectivity index (χ4n) is 4.31. The summed E-state index contributed by atoms with van der Waals surface area (Å²) >= 11 is 0. The number of nitrogens with one attached hydrogen (secondary N) is 3. The van der Waals surface area contributed by atoms with Crippen molar-refractivity contribution in [1.29, 1.82) is 0 Å². The molecule has 222 valence electrons. The highest BCUT2D eigenvalue weighted by Crippen LogP contribution is 2.38. The lowest BCUT2D eigenvalue weighted by molar-refractivity contribution is -0.141. The molecular weight excluding hydrogens is 552 g/mol. The molecule has 4 amide bonds. The number of sulfonamides is 1. The molecule has 1 atom stereocenters. The monoisotopic (exact) mass is 588 g/mol. The summed E-state index contributed by atoms with van der Waals surface area (Å²) in [4.78, 5) is 50.2. The average Bonchev–Trinajstić information content (AvgIpc) is 2.88. The van der Waals surface area contributed by atoms with Crippen LogP contribution in [0, 0.1) is 5.92 Å². The van der Waals surface area contributed by atoms with E-state index in [0.29, 0.717) is 34.7 Å². The fourth-order valence-corrected chi connectivity index (χ4v) is 5.50. The molecule has 0 aliphatic carbocycles. The van der Waals surface area contributed by atoms with Crippen LogP contribution in [0.1, 0.15) is 62.0 Å². The summed E-state index contributed by atoms with van der Waals surface area (Å²) in [7, 11) is -2.32. The zero-order valence-corrected chi connectivity index (χ0v) is 24.6. The summed E-state index contributed by atoms with van der Waals surface area (Å²) in [6.45, 7) is 7.47. The highest BCUT2D eigenvalue weighted by molar-refractivity contribution is 7.88. The van der Waals surface area contributed by atoms with Crippen molar-refractivity contribution in [3.8, 4) is 5.75 Å². The third-order valence-corrected chi connectivity index (χ3v) is 7.98. The summed E-state index contributed by atoms with van der Waals surface area (Å²) in [5.74, 6) is -2.78. The minimum Gasteiger partial charge on any atom is -0.496 e. The molecule has 1 saturated heterocycles. The Bertz CT molecular complexity index is 1430. The van der Waals surface area contributed by atoms with E-state index in [4.69, 9.17) is 9.84 Å². The number of aliphatic carboxylic acids is 1. The van der Waals surface area contributed by atoms with Gasteiger partial charge in [-0.15, -0.1) is 0 Å². The van der Waals surface area contributed by atoms with E-state index in [2.05, 4.69) is 15.4 Å². The number of anilines is 2. The van der Waals surface area contributed by atoms with Gasteiger partial charge < -0.3 is 15.2 Å². The van der Waals surface area contributed by atoms with Gasteiger partial charge in [0, 0.05) is 36.4 Å². The highest BCUT2D eigenvalue weighted by Gasteiger charge is 2.30. The molecule has 2 aromatic rings. The Labute approximate surface area is 239 Å². The minimum atomic E-state index is -3.78. The molecule has 0 bridgehead atoms. The van der Waals surface area contributed by atoms with Gasteiger partial charge in [0.15, 0.2) is 0 Å². The number of amides is 4. The molecule has 1 fully saturated rings. The molecule has 0 saturated carbocycles. The van der Waals surface area contributed by atoms with E-state index in [1.807, 2.05) is 20.8 Å². The number of hydrogen-bond acceptors (Lipinski definition) is 7. The van der Waals surface area contributed by atoms with Gasteiger partial charge in [-0.1, -0.05) is 39.8 Å². The standard InChI is InChI=1S/C28H36N4O8S/c1-6-18(26(35)36)15-29-41(38,39)16-17-7-9-19(10-8-17)30-25(34)21-13-20(32-12-11-23(33)31-27(32)37)14-22(24(21)40-5)28(2,3)4/h7-10,13-14,18,29H,6,11-12,15-16H2,1-5H3,(H,30,34)(H,35,36)(H,31,33,37). The maximum absolute atomic E-state index is 13.5. The van der Waals surface area contributed by atoms with Crippen molar-refractivity contribution in [2.24, 2.45) is 5.92 Å². The van der Waals surface area contributed by atoms with Gasteiger partial charge in [0.25, 0.3) is 5.91 Å². The van der Waals surface area contributed by atoms with Gasteiger partial charge in [-0.05, 0) is 41.7 Å². The van der Waals surface area contributed by atoms with Crippen LogP contribution in [0.5, 0.6) is 5.75 Å². The Kier molecular flexibility index (Phi) is 9.77. The Balaban J connectivity index is 1.83. The summed E-state index contributed by atoms with van der Waals surface area (Å²) in [5.41, 5.74) is 1.69. The zero-order valence-electron chi connectivity index (χ0n) is 23.7. The summed E-state index contributed by atoms with van der Waals surface area (Å²) in [6, 6.07) is 8.93. The van der Waals surface area contributed by atoms with Crippen LogP contribution >= 0.6 is 0 Å². The minimum absolute atomic E-state index is 0.125. The van der Waals surface area contributed by atoms with Gasteiger partial charge in [-0.3, -0.25) is 24.6 Å². The first kappa shape index (κ1) is 31.6. The van der Waals surface area contributed by atoms with Crippen molar-refractivity contribution in [3.63, 3.8) is 0 Å². The van der Waals surface area contributed by atoms with Gasteiger partial charge in [0.2, 0.25) is 15.9 Å². The number of carbonyl (C=O) groups is 4. The second-order valence-corrected chi connectivity index (χ2v) is 12.6. The van der Waals surface area contributed by atoms with Gasteiger partial charge >= 0.3 is 12.0 Å². The third-order valence-electron chi connectivity index (χ3n) is 6.66. The van der Waals surface area contributed by atoms with E-state index in [-0.39, 0.29) is 36.7 Å². The number of carbonyl (C=O) groups excluding carboxylic acids is 3. The maximum Gasteiger partial charge on any atom is 0.328 e. The Morgan fingerprint density at radius 1 is 1.15 bits per heavy atom. The van der Waals surface area contributed by atoms with Crippen LogP contribution in [0.4, 0.5) is 16.2 Å². The van der Waals surface area contributed by atoms with Crippen LogP contribution in [0.3, 0.4) is 0 Å². The molecule has 4 N–H and O–H groups in total. The summed E-state index contributed by atoms with van der Waals surface area (Å²) < 4.78 is 32.9. The van der Waals surface area contributed by atoms with Crippen LogP contribution in [0.15, 0.2) is 36.4 Å². The molecule has 0 spiro atoms. The average molecular weight is 589 g/mol. The number of carboxylic acid groups (broad SMARTS) is 1. The Hall–Kier alpha value is -3.97. The van der Waals surface area contributed by atoms with Crippen molar-refractivity contribution in [2.75, 3.05) is 30.4 Å². The van der Waals surface area contributed by atoms with Gasteiger partial charge in [-0.25, -0.2) is 17.9 Å². The molecule has 12 nitrogen and oxygen atoms in total. The molecule has 1 unspecified atom stereocenters. The number of urea groups is 1. The van der Waals surface area contributed by atoms with Gasteiger partial charge in [0.1, 0.15) is 5.75 Å². The molecule has 2 aromatic carbocycles. The van der Waals surface area contributed by atoms with Crippen molar-refractivity contribution in [1.82, 2.24) is 10.0 Å². The molecule has 1 heterocycles. The van der Waals surface area contributed by atoms with Crippen molar-refractivity contribution in [3.05, 3.63) is 53.1 Å². The fraction of sp³-hybridized carbons (Fsp3) is 0.429. The largest absolute Gasteiger partial charge is 0.496 e. The predicted octanol–water partition coefficient (Wildman–Crippen LogP) is 3.22.